The highest BCUT2D eigenvalue weighted by molar-refractivity contribution is 9.10. The van der Waals surface area contributed by atoms with Crippen LogP contribution in [-0.2, 0) is 4.79 Å². The quantitative estimate of drug-likeness (QED) is 0.525. The molecule has 3 aromatic rings. The van der Waals surface area contributed by atoms with Crippen molar-refractivity contribution in [3.05, 3.63) is 82.3 Å². The van der Waals surface area contributed by atoms with E-state index >= 15 is 0 Å². The van der Waals surface area contributed by atoms with Gasteiger partial charge in [-0.25, -0.2) is 0 Å². The van der Waals surface area contributed by atoms with Gasteiger partial charge in [0.1, 0.15) is 5.75 Å². The lowest BCUT2D eigenvalue weighted by atomic mass is 10.1. The summed E-state index contributed by atoms with van der Waals surface area (Å²) >= 11 is 9.47. The largest absolute Gasteiger partial charge is 0.481 e. The van der Waals surface area contributed by atoms with Gasteiger partial charge in [0.2, 0.25) is 0 Å². The van der Waals surface area contributed by atoms with Crippen molar-refractivity contribution in [2.45, 2.75) is 13.0 Å². The van der Waals surface area contributed by atoms with Crippen molar-refractivity contribution in [2.24, 2.45) is 0 Å². The van der Waals surface area contributed by atoms with Crippen LogP contribution in [0.2, 0.25) is 5.02 Å². The van der Waals surface area contributed by atoms with E-state index in [0.29, 0.717) is 16.5 Å². The van der Waals surface area contributed by atoms with Crippen molar-refractivity contribution in [1.29, 1.82) is 0 Å². The molecule has 1 amide bonds. The first-order valence-electron chi connectivity index (χ1n) is 8.11. The van der Waals surface area contributed by atoms with Crippen LogP contribution in [0.1, 0.15) is 6.92 Å². The van der Waals surface area contributed by atoms with Gasteiger partial charge in [-0.3, -0.25) is 4.79 Å². The van der Waals surface area contributed by atoms with Gasteiger partial charge in [-0.15, -0.1) is 0 Å². The molecule has 0 aliphatic heterocycles. The van der Waals surface area contributed by atoms with Crippen LogP contribution in [0, 0.1) is 0 Å². The maximum Gasteiger partial charge on any atom is 0.265 e. The number of benzene rings is 3. The lowest BCUT2D eigenvalue weighted by Gasteiger charge is -2.16. The second-order valence-corrected chi connectivity index (χ2v) is 7.09. The number of hydrogen-bond donors (Lipinski definition) is 1. The first-order chi connectivity index (χ1) is 12.5. The Balaban J connectivity index is 1.63. The van der Waals surface area contributed by atoms with E-state index in [0.717, 1.165) is 15.6 Å². The SMILES string of the molecule is CC(Oc1ccc(-c2ccccc2)cc1)C(=O)Nc1ccc(Br)cc1Cl. The molecule has 1 N–H and O–H groups in total. The van der Waals surface area contributed by atoms with Gasteiger partial charge in [-0.2, -0.15) is 0 Å². The minimum Gasteiger partial charge on any atom is -0.481 e. The Morgan fingerprint density at radius 2 is 1.65 bits per heavy atom. The third-order valence-electron chi connectivity index (χ3n) is 3.83. The number of carbonyl (C=O) groups is 1. The third kappa shape index (κ3) is 4.65. The number of carbonyl (C=O) groups excluding carboxylic acids is 1. The molecule has 5 heteroatoms. The lowest BCUT2D eigenvalue weighted by molar-refractivity contribution is -0.122. The highest BCUT2D eigenvalue weighted by Gasteiger charge is 2.16. The van der Waals surface area contributed by atoms with Crippen molar-refractivity contribution >= 4 is 39.1 Å². The minimum atomic E-state index is -0.655. The Hall–Kier alpha value is -2.30. The van der Waals surface area contributed by atoms with Crippen LogP contribution in [-0.4, -0.2) is 12.0 Å². The molecule has 26 heavy (non-hydrogen) atoms. The molecule has 0 spiro atoms. The molecule has 0 aromatic heterocycles. The average Bonchev–Trinajstić information content (AvgIpc) is 2.65. The maximum atomic E-state index is 12.3. The summed E-state index contributed by atoms with van der Waals surface area (Å²) < 4.78 is 6.59. The highest BCUT2D eigenvalue weighted by Crippen LogP contribution is 2.26. The van der Waals surface area contributed by atoms with E-state index in [4.69, 9.17) is 16.3 Å². The Kier molecular flexibility index (Phi) is 5.96. The summed E-state index contributed by atoms with van der Waals surface area (Å²) in [7, 11) is 0. The summed E-state index contributed by atoms with van der Waals surface area (Å²) in [5, 5.41) is 3.24. The fourth-order valence-corrected chi connectivity index (χ4v) is 3.16. The first-order valence-corrected chi connectivity index (χ1v) is 9.28. The molecule has 0 aliphatic rings. The van der Waals surface area contributed by atoms with Gasteiger partial charge in [0.15, 0.2) is 6.10 Å². The van der Waals surface area contributed by atoms with Crippen molar-refractivity contribution in [2.75, 3.05) is 5.32 Å². The summed E-state index contributed by atoms with van der Waals surface area (Å²) in [4.78, 5) is 12.3. The Labute approximate surface area is 166 Å². The number of anilines is 1. The predicted molar refractivity (Wildman–Crippen MR) is 110 cm³/mol. The van der Waals surface area contributed by atoms with Gasteiger partial charge in [-0.05, 0) is 48.4 Å². The molecule has 0 bridgehead atoms. The van der Waals surface area contributed by atoms with E-state index < -0.39 is 6.10 Å². The molecule has 3 nitrogen and oxygen atoms in total. The van der Waals surface area contributed by atoms with Gasteiger partial charge in [0, 0.05) is 4.47 Å². The maximum absolute atomic E-state index is 12.3. The van der Waals surface area contributed by atoms with Crippen LogP contribution in [0.5, 0.6) is 5.75 Å². The standard InChI is InChI=1S/C21H17BrClNO2/c1-14(21(25)24-20-12-9-17(22)13-19(20)23)26-18-10-7-16(8-11-18)15-5-3-2-4-6-15/h2-14H,1H3,(H,24,25). The lowest BCUT2D eigenvalue weighted by Crippen LogP contribution is -2.30. The topological polar surface area (TPSA) is 38.3 Å². The van der Waals surface area contributed by atoms with E-state index in [1.54, 1.807) is 19.1 Å². The normalized spacial score (nSPS) is 11.7. The molecule has 0 fully saturated rings. The fourth-order valence-electron chi connectivity index (χ4n) is 2.44. The molecule has 0 radical (unpaired) electrons. The van der Waals surface area contributed by atoms with E-state index in [9.17, 15) is 4.79 Å². The molecule has 132 valence electrons. The zero-order chi connectivity index (χ0) is 18.5. The van der Waals surface area contributed by atoms with Crippen LogP contribution < -0.4 is 10.1 Å². The molecular formula is C21H17BrClNO2. The summed E-state index contributed by atoms with van der Waals surface area (Å²) in [5.74, 6) is 0.371. The van der Waals surface area contributed by atoms with Gasteiger partial charge in [-0.1, -0.05) is 70.0 Å². The van der Waals surface area contributed by atoms with Crippen molar-refractivity contribution in [3.8, 4) is 16.9 Å². The van der Waals surface area contributed by atoms with Crippen LogP contribution >= 0.6 is 27.5 Å². The third-order valence-corrected chi connectivity index (χ3v) is 4.64. The van der Waals surface area contributed by atoms with E-state index in [2.05, 4.69) is 21.2 Å². The number of halogens is 2. The zero-order valence-electron chi connectivity index (χ0n) is 14.1. The number of rotatable bonds is 5. The smallest absolute Gasteiger partial charge is 0.265 e. The van der Waals surface area contributed by atoms with Crippen LogP contribution in [0.25, 0.3) is 11.1 Å². The second-order valence-electron chi connectivity index (χ2n) is 5.76. The number of amides is 1. The van der Waals surface area contributed by atoms with Crippen molar-refractivity contribution in [1.82, 2.24) is 0 Å². The van der Waals surface area contributed by atoms with Crippen LogP contribution in [0.4, 0.5) is 5.69 Å². The Bertz CT molecular complexity index is 898. The number of nitrogens with one attached hydrogen (secondary N) is 1. The van der Waals surface area contributed by atoms with Crippen LogP contribution in [0.15, 0.2) is 77.3 Å². The van der Waals surface area contributed by atoms with Gasteiger partial charge >= 0.3 is 0 Å². The second kappa shape index (κ2) is 8.39. The van der Waals surface area contributed by atoms with Crippen molar-refractivity contribution in [3.63, 3.8) is 0 Å². The summed E-state index contributed by atoms with van der Waals surface area (Å²) in [6, 6.07) is 23.0. The molecule has 0 saturated heterocycles. The molecule has 0 aliphatic carbocycles. The minimum absolute atomic E-state index is 0.263. The fraction of sp³-hybridized carbons (Fsp3) is 0.0952. The van der Waals surface area contributed by atoms with Crippen LogP contribution in [0.3, 0.4) is 0 Å². The number of hydrogen-bond acceptors (Lipinski definition) is 2. The van der Waals surface area contributed by atoms with E-state index in [-0.39, 0.29) is 5.91 Å². The molecule has 0 heterocycles. The number of ether oxygens (including phenoxy) is 1. The summed E-state index contributed by atoms with van der Waals surface area (Å²) in [6.07, 6.45) is -0.655. The monoisotopic (exact) mass is 429 g/mol. The van der Waals surface area contributed by atoms with Gasteiger partial charge in [0.05, 0.1) is 10.7 Å². The molecule has 1 atom stereocenters. The Morgan fingerprint density at radius 3 is 2.31 bits per heavy atom. The van der Waals surface area contributed by atoms with Crippen molar-refractivity contribution < 1.29 is 9.53 Å². The summed E-state index contributed by atoms with van der Waals surface area (Å²) in [5.41, 5.74) is 2.78. The predicted octanol–water partition coefficient (Wildman–Crippen LogP) is 6.18. The molecular weight excluding hydrogens is 414 g/mol. The van der Waals surface area contributed by atoms with Gasteiger partial charge < -0.3 is 10.1 Å². The Morgan fingerprint density at radius 1 is 1.00 bits per heavy atom. The molecule has 0 saturated carbocycles. The highest BCUT2D eigenvalue weighted by atomic mass is 79.9. The van der Waals surface area contributed by atoms with E-state index in [1.807, 2.05) is 60.7 Å². The van der Waals surface area contributed by atoms with Gasteiger partial charge in [0.25, 0.3) is 5.91 Å². The average molecular weight is 431 g/mol. The molecule has 3 rings (SSSR count). The first kappa shape index (κ1) is 18.5. The molecule has 3 aromatic carbocycles. The summed E-state index contributed by atoms with van der Waals surface area (Å²) in [6.45, 7) is 1.70. The molecule has 1 unspecified atom stereocenters. The van der Waals surface area contributed by atoms with E-state index in [1.165, 1.54) is 0 Å². The zero-order valence-corrected chi connectivity index (χ0v) is 16.4.